The van der Waals surface area contributed by atoms with Gasteiger partial charge in [0.1, 0.15) is 5.82 Å². The van der Waals surface area contributed by atoms with E-state index in [1.165, 1.54) is 98.0 Å². The zero-order valence-corrected chi connectivity index (χ0v) is 32.2. The van der Waals surface area contributed by atoms with E-state index < -0.39 is 5.41 Å². The summed E-state index contributed by atoms with van der Waals surface area (Å²) in [6, 6.07) is 69.7. The van der Waals surface area contributed by atoms with Crippen LogP contribution in [0, 0.1) is 0 Å². The van der Waals surface area contributed by atoms with Crippen LogP contribution in [0.3, 0.4) is 0 Å². The highest BCUT2D eigenvalue weighted by Gasteiger charge is 2.49. The number of hydrogen-bond acceptors (Lipinski definition) is 2. The fourth-order valence-electron chi connectivity index (χ4n) is 10.4. The number of nitrogens with zero attached hydrogens (tertiary/aromatic N) is 2. The van der Waals surface area contributed by atoms with E-state index in [2.05, 4.69) is 215 Å². The van der Waals surface area contributed by atoms with Crippen molar-refractivity contribution in [2.75, 3.05) is 0 Å². The van der Waals surface area contributed by atoms with Gasteiger partial charge in [-0.05, 0) is 87.5 Å². The molecule has 4 heteroatoms. The van der Waals surface area contributed by atoms with Gasteiger partial charge in [0.05, 0.1) is 39.2 Å². The van der Waals surface area contributed by atoms with Crippen molar-refractivity contribution < 1.29 is 0 Å². The average molecular weight is 758 g/mol. The van der Waals surface area contributed by atoms with Gasteiger partial charge in [-0.25, -0.2) is 0 Å². The van der Waals surface area contributed by atoms with Gasteiger partial charge in [0, 0.05) is 31.3 Å². The summed E-state index contributed by atoms with van der Waals surface area (Å²) in [5, 5.41) is 9.09. The minimum Gasteiger partial charge on any atom is -0.361 e. The molecule has 5 heterocycles. The Morgan fingerprint density at radius 3 is 1.93 bits per heavy atom. The summed E-state index contributed by atoms with van der Waals surface area (Å²) in [4.78, 5) is 2.59. The maximum atomic E-state index is 4.02. The molecular formula is C54H35N3S. The van der Waals surface area contributed by atoms with Crippen molar-refractivity contribution in [3.63, 3.8) is 0 Å². The summed E-state index contributed by atoms with van der Waals surface area (Å²) in [6.07, 6.45) is 4.71. The molecule has 3 aliphatic rings. The van der Waals surface area contributed by atoms with Crippen molar-refractivity contribution in [3.8, 4) is 5.69 Å². The number of dihydropyridines is 1. The Balaban J connectivity index is 1.15. The first-order valence-corrected chi connectivity index (χ1v) is 20.9. The van der Waals surface area contributed by atoms with Crippen molar-refractivity contribution in [1.82, 2.24) is 14.5 Å². The van der Waals surface area contributed by atoms with Crippen LogP contribution in [0.4, 0.5) is 0 Å². The van der Waals surface area contributed by atoms with Crippen LogP contribution in [0.15, 0.2) is 210 Å². The minimum absolute atomic E-state index is 0.0104. The van der Waals surface area contributed by atoms with Gasteiger partial charge >= 0.3 is 0 Å². The fraction of sp³-hybridized carbons (Fsp3) is 0.0370. The number of rotatable bonds is 3. The van der Waals surface area contributed by atoms with Crippen LogP contribution in [0.2, 0.25) is 0 Å². The Morgan fingerprint density at radius 1 is 0.466 bits per heavy atom. The molecular weight excluding hydrogens is 723 g/mol. The Kier molecular flexibility index (Phi) is 6.64. The number of allylic oxidation sites excluding steroid dienone is 2. The Bertz CT molecular complexity index is 3410. The normalized spacial score (nSPS) is 17.8. The van der Waals surface area contributed by atoms with Crippen molar-refractivity contribution in [2.24, 2.45) is 0 Å². The molecule has 3 nitrogen and oxygen atoms in total. The highest BCUT2D eigenvalue weighted by Crippen LogP contribution is 2.61. The van der Waals surface area contributed by atoms with Gasteiger partial charge in [-0.15, -0.1) is 0 Å². The second-order valence-corrected chi connectivity index (χ2v) is 16.8. The second-order valence-electron chi connectivity index (χ2n) is 15.7. The minimum atomic E-state index is -0.566. The molecule has 0 fully saturated rings. The summed E-state index contributed by atoms with van der Waals surface area (Å²) >= 11 is 1.91. The number of hydrogen-bond donors (Lipinski definition) is 1. The molecule has 10 aromatic rings. The first kappa shape index (κ1) is 32.1. The predicted octanol–water partition coefficient (Wildman–Crippen LogP) is 13.3. The smallest absolute Gasteiger partial charge is 0.112 e. The molecule has 1 N–H and O–H groups in total. The Hall–Kier alpha value is -7.01. The van der Waals surface area contributed by atoms with Crippen LogP contribution in [0.5, 0.6) is 0 Å². The molecule has 2 atom stereocenters. The third kappa shape index (κ3) is 4.25. The molecule has 0 bridgehead atoms. The number of para-hydroxylation sites is 4. The maximum absolute atomic E-state index is 4.02. The summed E-state index contributed by atoms with van der Waals surface area (Å²) in [7, 11) is 0. The molecule has 0 saturated carbocycles. The largest absolute Gasteiger partial charge is 0.361 e. The lowest BCUT2D eigenvalue weighted by atomic mass is 9.62. The van der Waals surface area contributed by atoms with Gasteiger partial charge in [-0.2, -0.15) is 0 Å². The monoisotopic (exact) mass is 757 g/mol. The van der Waals surface area contributed by atoms with E-state index in [0.717, 1.165) is 5.82 Å². The maximum Gasteiger partial charge on any atom is 0.112 e. The molecule has 0 radical (unpaired) electrons. The van der Waals surface area contributed by atoms with Crippen molar-refractivity contribution in [3.05, 3.63) is 234 Å². The van der Waals surface area contributed by atoms with Gasteiger partial charge in [0.25, 0.3) is 0 Å². The summed E-state index contributed by atoms with van der Waals surface area (Å²) in [6.45, 7) is 0. The molecule has 2 aromatic heterocycles. The Labute approximate surface area is 340 Å². The first-order chi connectivity index (χ1) is 28.8. The van der Waals surface area contributed by atoms with Gasteiger partial charge in [-0.3, -0.25) is 4.57 Å². The van der Waals surface area contributed by atoms with Crippen molar-refractivity contribution >= 4 is 66.8 Å². The van der Waals surface area contributed by atoms with Crippen LogP contribution in [0.25, 0.3) is 60.7 Å². The molecule has 0 aliphatic carbocycles. The second kappa shape index (κ2) is 12.0. The molecule has 2 unspecified atom stereocenters. The number of aromatic nitrogens is 2. The van der Waals surface area contributed by atoms with Crippen molar-refractivity contribution in [1.29, 1.82) is 0 Å². The molecule has 13 rings (SSSR count). The number of benzene rings is 8. The molecule has 8 aromatic carbocycles. The van der Waals surface area contributed by atoms with Crippen LogP contribution in [-0.4, -0.2) is 9.13 Å². The Morgan fingerprint density at radius 2 is 1.10 bits per heavy atom. The predicted molar refractivity (Wildman–Crippen MR) is 241 cm³/mol. The van der Waals surface area contributed by atoms with Gasteiger partial charge in [0.15, 0.2) is 0 Å². The first-order valence-electron chi connectivity index (χ1n) is 20.1. The fourth-order valence-corrected chi connectivity index (χ4v) is 11.7. The summed E-state index contributed by atoms with van der Waals surface area (Å²) in [5.41, 5.74) is 14.5. The average Bonchev–Trinajstić information content (AvgIpc) is 3.81. The number of fused-ring (bicyclic) bond motifs is 14. The van der Waals surface area contributed by atoms with E-state index >= 15 is 0 Å². The lowest BCUT2D eigenvalue weighted by molar-refractivity contribution is 0.690. The number of nitrogens with one attached hydrogen (secondary N) is 1. The van der Waals surface area contributed by atoms with E-state index in [4.69, 9.17) is 0 Å². The summed E-state index contributed by atoms with van der Waals surface area (Å²) < 4.78 is 5.01. The molecule has 58 heavy (non-hydrogen) atoms. The van der Waals surface area contributed by atoms with E-state index in [9.17, 15) is 0 Å². The SMILES string of the molecule is C1=C(c2ccccc2)C=C(n2c3ccccc3c3cc4c(cc32)C2(c3ccccc3S4)c3ccccc3-n3c4ccccc4c4cccc2c43)NC1c1ccccc1. The van der Waals surface area contributed by atoms with E-state index in [1.54, 1.807) is 0 Å². The van der Waals surface area contributed by atoms with E-state index in [0.29, 0.717) is 0 Å². The topological polar surface area (TPSA) is 21.9 Å². The molecule has 1 spiro atoms. The highest BCUT2D eigenvalue weighted by atomic mass is 32.2. The summed E-state index contributed by atoms with van der Waals surface area (Å²) in [5.74, 6) is 1.06. The molecule has 0 amide bonds. The van der Waals surface area contributed by atoms with Crippen LogP contribution < -0.4 is 5.32 Å². The zero-order chi connectivity index (χ0) is 38.0. The van der Waals surface area contributed by atoms with Crippen LogP contribution >= 0.6 is 11.8 Å². The zero-order valence-electron chi connectivity index (χ0n) is 31.4. The quantitative estimate of drug-likeness (QED) is 0.194. The molecule has 3 aliphatic heterocycles. The van der Waals surface area contributed by atoms with Crippen LogP contribution in [0.1, 0.15) is 39.4 Å². The standard InChI is InChI=1S/C54H35N3S/c1-3-16-34(17-4-1)36-30-45(35-18-5-2-6-19-35)55-52(31-36)56-46-26-11-8-21-38(46)40-32-51-44(33-49(40)56)54(42-24-10-14-29-50(42)58-51)41-23-9-13-28-48(41)57-47-27-12-7-20-37(47)39-22-15-25-43(54)53(39)57/h1-33,45,55H. The van der Waals surface area contributed by atoms with E-state index in [1.807, 2.05) is 11.8 Å². The lowest BCUT2D eigenvalue weighted by Crippen LogP contribution is -2.37. The van der Waals surface area contributed by atoms with Gasteiger partial charge in [-0.1, -0.05) is 163 Å². The van der Waals surface area contributed by atoms with Crippen molar-refractivity contribution in [2.45, 2.75) is 21.2 Å². The van der Waals surface area contributed by atoms with Gasteiger partial charge < -0.3 is 9.88 Å². The van der Waals surface area contributed by atoms with Gasteiger partial charge in [0.2, 0.25) is 0 Å². The third-order valence-corrected chi connectivity index (χ3v) is 13.9. The lowest BCUT2D eigenvalue weighted by Gasteiger charge is -2.45. The third-order valence-electron chi connectivity index (χ3n) is 12.8. The molecule has 272 valence electrons. The molecule has 0 saturated heterocycles. The van der Waals surface area contributed by atoms with E-state index in [-0.39, 0.29) is 6.04 Å². The highest BCUT2D eigenvalue weighted by molar-refractivity contribution is 7.99. The van der Waals surface area contributed by atoms with Crippen LogP contribution in [-0.2, 0) is 5.41 Å².